The fourth-order valence-electron chi connectivity index (χ4n) is 2.90. The number of ether oxygens (including phenoxy) is 5. The van der Waals surface area contributed by atoms with Crippen LogP contribution < -0.4 is 0 Å². The van der Waals surface area contributed by atoms with Crippen molar-refractivity contribution >= 4 is 29.8 Å². The molecule has 1 rings (SSSR count). The number of rotatable bonds is 8. The molecule has 0 aliphatic carbocycles. The van der Waals surface area contributed by atoms with E-state index in [2.05, 4.69) is 0 Å². The summed E-state index contributed by atoms with van der Waals surface area (Å²) in [4.78, 5) is 60.8. The molecule has 0 N–H and O–H groups in total. The van der Waals surface area contributed by atoms with Gasteiger partial charge in [0.05, 0.1) is 6.10 Å². The lowest BCUT2D eigenvalue weighted by Crippen LogP contribution is -2.62. The van der Waals surface area contributed by atoms with Gasteiger partial charge >= 0.3 is 23.9 Å². The topological polar surface area (TPSA) is 135 Å². The van der Waals surface area contributed by atoms with Crippen LogP contribution in [0.1, 0.15) is 45.9 Å². The fraction of sp³-hybridized carbons (Fsp3) is 0.737. The number of carbonyl (C=O) groups excluding carboxylic acids is 5. The average Bonchev–Trinajstić information content (AvgIpc) is 2.83. The van der Waals surface area contributed by atoms with E-state index in [1.165, 1.54) is 19.0 Å². The third kappa shape index (κ3) is 7.97. The molecule has 1 heterocycles. The van der Waals surface area contributed by atoms with Crippen molar-refractivity contribution in [3.8, 4) is 0 Å². The second-order valence-electron chi connectivity index (χ2n) is 6.59. The molecule has 0 saturated carbocycles. The summed E-state index contributed by atoms with van der Waals surface area (Å²) in [6.45, 7) is -3.67. The first kappa shape index (κ1) is 19.3. The van der Waals surface area contributed by atoms with Gasteiger partial charge in [0.1, 0.15) is 12.7 Å². The molecule has 11 nitrogen and oxygen atoms in total. The van der Waals surface area contributed by atoms with E-state index in [-0.39, 0.29) is 18.7 Å². The minimum Gasteiger partial charge on any atom is -0.463 e. The lowest BCUT2D eigenvalue weighted by molar-refractivity contribution is -0.253. The van der Waals surface area contributed by atoms with Crippen molar-refractivity contribution < 1.29 is 53.1 Å². The van der Waals surface area contributed by atoms with Gasteiger partial charge in [-0.2, -0.15) is 0 Å². The molecule has 170 valence electrons. The van der Waals surface area contributed by atoms with Gasteiger partial charge in [0.25, 0.3) is 0 Å². The summed E-state index contributed by atoms with van der Waals surface area (Å²) in [5.41, 5.74) is 0. The highest BCUT2D eigenvalue weighted by Gasteiger charge is 2.51. The van der Waals surface area contributed by atoms with Crippen molar-refractivity contribution in [2.45, 2.75) is 71.0 Å². The molecule has 0 aromatic rings. The Hall–Kier alpha value is -2.69. The van der Waals surface area contributed by atoms with Crippen LogP contribution in [0.15, 0.2) is 0 Å². The molecule has 1 fully saturated rings. The number of hydrogen-bond donors (Lipinski definition) is 0. The van der Waals surface area contributed by atoms with E-state index in [1.54, 1.807) is 0 Å². The smallest absolute Gasteiger partial charge is 0.303 e. The number of carbonyl (C=O) groups is 5. The maximum absolute atomic E-state index is 12.1. The second-order valence-corrected chi connectivity index (χ2v) is 6.59. The Morgan fingerprint density at radius 1 is 0.800 bits per heavy atom. The zero-order valence-electron chi connectivity index (χ0n) is 20.9. The first-order valence-corrected chi connectivity index (χ1v) is 8.84. The number of hydrogen-bond acceptors (Lipinski definition) is 10. The van der Waals surface area contributed by atoms with Crippen molar-refractivity contribution in [2.24, 2.45) is 0 Å². The lowest BCUT2D eigenvalue weighted by atomic mass is 9.91. The van der Waals surface area contributed by atoms with Gasteiger partial charge in [0.15, 0.2) is 18.3 Å². The van der Waals surface area contributed by atoms with E-state index in [1.807, 2.05) is 0 Å². The maximum Gasteiger partial charge on any atom is 0.303 e. The van der Waals surface area contributed by atoms with Crippen molar-refractivity contribution in [3.63, 3.8) is 0 Å². The first-order valence-electron chi connectivity index (χ1n) is 11.7. The zero-order chi connectivity index (χ0) is 25.8. The summed E-state index contributed by atoms with van der Waals surface area (Å²) in [6, 6.07) is 0. The summed E-state index contributed by atoms with van der Waals surface area (Å²) in [5, 5.41) is 0. The Balaban J connectivity index is 3.39. The SMILES string of the molecule is [2H]CC(=O)OC[C@H]1OC(CCC(=O)N(C)C)[C@H](OC(=O)C[2H])[C@@H](OC(=O)C[2H])[C@@H]1OC(=O)C[2H]. The minimum absolute atomic E-state index is 0.0517. The van der Waals surface area contributed by atoms with Crippen LogP contribution in [0.4, 0.5) is 0 Å². The average molecular weight is 435 g/mol. The predicted octanol–water partition coefficient (Wildman–Crippen LogP) is -0.0196. The largest absolute Gasteiger partial charge is 0.463 e. The molecule has 30 heavy (non-hydrogen) atoms. The second kappa shape index (κ2) is 11.5. The highest BCUT2D eigenvalue weighted by Crippen LogP contribution is 2.31. The summed E-state index contributed by atoms with van der Waals surface area (Å²) in [5.74, 6) is -4.35. The summed E-state index contributed by atoms with van der Waals surface area (Å²) < 4.78 is 55.2. The first-order chi connectivity index (χ1) is 16.1. The molecular weight excluding hydrogens is 402 g/mol. The lowest BCUT2D eigenvalue weighted by Gasteiger charge is -2.44. The third-order valence-corrected chi connectivity index (χ3v) is 4.08. The quantitative estimate of drug-likeness (QED) is 0.378. The molecule has 0 aromatic carbocycles. The van der Waals surface area contributed by atoms with Gasteiger partial charge in [0.2, 0.25) is 5.91 Å². The molecule has 1 unspecified atom stereocenters. The standard InChI is InChI=1S/C19H29NO10/c1-10(21)26-9-15-18(28-12(3)23)19(29-13(4)24)17(27-11(2)22)14(30-15)7-8-16(25)20(5)6/h14-15,17-19H,7-9H2,1-6H3/t14?,15-,17+,18-,19-/m1/s1/i1D,2D,3D,4D. The van der Waals surface area contributed by atoms with E-state index in [9.17, 15) is 24.0 Å². The monoisotopic (exact) mass is 435 g/mol. The third-order valence-electron chi connectivity index (χ3n) is 4.08. The van der Waals surface area contributed by atoms with Crippen LogP contribution in [0.5, 0.6) is 0 Å². The molecule has 1 amide bonds. The molecular formula is C19H29NO10. The predicted molar refractivity (Wildman–Crippen MR) is 99.9 cm³/mol. The molecule has 11 heteroatoms. The Morgan fingerprint density at radius 3 is 1.80 bits per heavy atom. The molecule has 0 bridgehead atoms. The van der Waals surface area contributed by atoms with Crippen LogP contribution in [-0.2, 0) is 47.7 Å². The van der Waals surface area contributed by atoms with Crippen LogP contribution in [-0.4, -0.2) is 85.9 Å². The van der Waals surface area contributed by atoms with Gasteiger partial charge in [-0.1, -0.05) is 0 Å². The van der Waals surface area contributed by atoms with E-state index in [0.717, 1.165) is 0 Å². The van der Waals surface area contributed by atoms with Crippen LogP contribution in [0, 0.1) is 0 Å². The Bertz CT molecular complexity index is 738. The number of nitrogens with zero attached hydrogens (tertiary/aromatic N) is 1. The van der Waals surface area contributed by atoms with Crippen molar-refractivity contribution in [1.82, 2.24) is 4.90 Å². The maximum atomic E-state index is 12.1. The summed E-state index contributed by atoms with van der Waals surface area (Å²) in [6.07, 6.45) is -7.03. The van der Waals surface area contributed by atoms with Gasteiger partial charge in [-0.05, 0) is 6.42 Å². The zero-order valence-corrected chi connectivity index (χ0v) is 16.9. The van der Waals surface area contributed by atoms with Gasteiger partial charge in [-0.3, -0.25) is 24.0 Å². The van der Waals surface area contributed by atoms with Crippen molar-refractivity contribution in [2.75, 3.05) is 20.7 Å². The highest BCUT2D eigenvalue weighted by atomic mass is 16.7. The molecule has 0 radical (unpaired) electrons. The van der Waals surface area contributed by atoms with E-state index in [0.29, 0.717) is 0 Å². The van der Waals surface area contributed by atoms with Gasteiger partial charge in [0, 0.05) is 53.6 Å². The Kier molecular flexibility index (Phi) is 7.38. The molecule has 1 aliphatic heterocycles. The van der Waals surface area contributed by atoms with Gasteiger partial charge in [-0.25, -0.2) is 0 Å². The van der Waals surface area contributed by atoms with E-state index in [4.69, 9.17) is 29.2 Å². The Morgan fingerprint density at radius 2 is 1.30 bits per heavy atom. The van der Waals surface area contributed by atoms with E-state index >= 15 is 0 Å². The summed E-state index contributed by atoms with van der Waals surface area (Å²) in [7, 11) is 3.06. The van der Waals surface area contributed by atoms with Gasteiger partial charge < -0.3 is 28.6 Å². The molecule has 1 aliphatic rings. The number of amides is 1. The van der Waals surface area contributed by atoms with Crippen molar-refractivity contribution in [1.29, 1.82) is 0 Å². The summed E-state index contributed by atoms with van der Waals surface area (Å²) >= 11 is 0. The van der Waals surface area contributed by atoms with Gasteiger partial charge in [-0.15, -0.1) is 0 Å². The highest BCUT2D eigenvalue weighted by molar-refractivity contribution is 5.75. The van der Waals surface area contributed by atoms with Crippen LogP contribution in [0.3, 0.4) is 0 Å². The van der Waals surface area contributed by atoms with Crippen LogP contribution in [0.2, 0.25) is 0 Å². The fourth-order valence-corrected chi connectivity index (χ4v) is 2.90. The normalized spacial score (nSPS) is 27.3. The van der Waals surface area contributed by atoms with Crippen LogP contribution >= 0.6 is 0 Å². The molecule has 0 spiro atoms. The molecule has 5 atom stereocenters. The molecule has 0 aromatic heterocycles. The Labute approximate surface area is 180 Å². The minimum atomic E-state index is -1.54. The van der Waals surface area contributed by atoms with Crippen LogP contribution in [0.25, 0.3) is 0 Å². The number of esters is 4. The van der Waals surface area contributed by atoms with E-state index < -0.39 is 88.6 Å². The van der Waals surface area contributed by atoms with Crippen molar-refractivity contribution in [3.05, 3.63) is 0 Å². The molecule has 1 saturated heterocycles.